The fourth-order valence-electron chi connectivity index (χ4n) is 4.75. The molecule has 9 nitrogen and oxygen atoms in total. The molecule has 5 rings (SSSR count). The number of fused-ring (bicyclic) bond motifs is 2. The molecule has 3 N–H and O–H groups in total. The first-order valence-corrected chi connectivity index (χ1v) is 10.3. The van der Waals surface area contributed by atoms with Crippen LogP contribution in [-0.2, 0) is 29.2 Å². The Morgan fingerprint density at radius 2 is 2.07 bits per heavy atom. The Morgan fingerprint density at radius 1 is 1.23 bits per heavy atom. The van der Waals surface area contributed by atoms with Gasteiger partial charge in [0.15, 0.2) is 5.82 Å². The van der Waals surface area contributed by atoms with Crippen LogP contribution in [0.5, 0.6) is 0 Å². The topological polar surface area (TPSA) is 114 Å². The molecule has 3 amide bonds. The molecule has 1 fully saturated rings. The quantitative estimate of drug-likeness (QED) is 0.731. The number of anilines is 2. The van der Waals surface area contributed by atoms with Gasteiger partial charge in [0.1, 0.15) is 6.04 Å². The van der Waals surface area contributed by atoms with Gasteiger partial charge < -0.3 is 15.5 Å². The molecule has 30 heavy (non-hydrogen) atoms. The standard InChI is InChI=1S/C21H24N6O3/c1-12-18(22)20-25(8-3-9-27(20)24-12)10-13-4-2-5-14-15(13)11-26(21(14)30)16-6-7-17(28)23-19(16)29/h2,4-5,16H,3,6-11,22H2,1H3,(H,23,28,29). The first kappa shape index (κ1) is 18.7. The molecule has 0 spiro atoms. The number of imide groups is 1. The molecule has 1 unspecified atom stereocenters. The number of nitrogens with two attached hydrogens (primary N) is 1. The monoisotopic (exact) mass is 408 g/mol. The Hall–Kier alpha value is -3.36. The summed E-state index contributed by atoms with van der Waals surface area (Å²) in [7, 11) is 0. The molecule has 156 valence electrons. The normalized spacial score (nSPS) is 21.0. The fourth-order valence-corrected chi connectivity index (χ4v) is 4.75. The average Bonchev–Trinajstić information content (AvgIpc) is 3.20. The van der Waals surface area contributed by atoms with Crippen LogP contribution in [0.4, 0.5) is 11.5 Å². The van der Waals surface area contributed by atoms with Crippen molar-refractivity contribution in [2.75, 3.05) is 17.2 Å². The maximum Gasteiger partial charge on any atom is 0.255 e. The van der Waals surface area contributed by atoms with Crippen LogP contribution >= 0.6 is 0 Å². The molecule has 0 aliphatic carbocycles. The fraction of sp³-hybridized carbons (Fsp3) is 0.429. The second kappa shape index (κ2) is 6.86. The highest BCUT2D eigenvalue weighted by atomic mass is 16.2. The molecule has 2 aromatic rings. The van der Waals surface area contributed by atoms with Crippen LogP contribution in [0.3, 0.4) is 0 Å². The van der Waals surface area contributed by atoms with Crippen LogP contribution in [0.15, 0.2) is 18.2 Å². The molecule has 0 radical (unpaired) electrons. The summed E-state index contributed by atoms with van der Waals surface area (Å²) in [5, 5.41) is 6.88. The molecule has 0 bridgehead atoms. The summed E-state index contributed by atoms with van der Waals surface area (Å²) in [4.78, 5) is 40.6. The third-order valence-corrected chi connectivity index (χ3v) is 6.28. The van der Waals surface area contributed by atoms with Gasteiger partial charge in [-0.2, -0.15) is 5.10 Å². The molecule has 1 saturated heterocycles. The van der Waals surface area contributed by atoms with E-state index in [1.165, 1.54) is 0 Å². The van der Waals surface area contributed by atoms with Gasteiger partial charge in [-0.3, -0.25) is 19.7 Å². The van der Waals surface area contributed by atoms with Crippen LogP contribution in [0.2, 0.25) is 0 Å². The number of carbonyl (C=O) groups excluding carboxylic acids is 3. The van der Waals surface area contributed by atoms with E-state index in [0.29, 0.717) is 30.8 Å². The summed E-state index contributed by atoms with van der Waals surface area (Å²) in [5.74, 6) is 0.107. The van der Waals surface area contributed by atoms with Crippen molar-refractivity contribution < 1.29 is 14.4 Å². The van der Waals surface area contributed by atoms with Crippen LogP contribution < -0.4 is 16.0 Å². The molecular formula is C21H24N6O3. The van der Waals surface area contributed by atoms with Crippen LogP contribution in [0.1, 0.15) is 46.4 Å². The lowest BCUT2D eigenvalue weighted by atomic mass is 10.0. The van der Waals surface area contributed by atoms with Gasteiger partial charge in [-0.15, -0.1) is 0 Å². The van der Waals surface area contributed by atoms with E-state index in [2.05, 4.69) is 15.3 Å². The second-order valence-corrected chi connectivity index (χ2v) is 8.16. The summed E-state index contributed by atoms with van der Waals surface area (Å²) < 4.78 is 1.96. The lowest BCUT2D eigenvalue weighted by Gasteiger charge is -2.31. The number of aromatic nitrogens is 2. The third kappa shape index (κ3) is 2.84. The van der Waals surface area contributed by atoms with E-state index in [1.807, 2.05) is 29.8 Å². The van der Waals surface area contributed by atoms with E-state index in [0.717, 1.165) is 42.1 Å². The van der Waals surface area contributed by atoms with E-state index in [-0.39, 0.29) is 18.2 Å². The predicted molar refractivity (Wildman–Crippen MR) is 110 cm³/mol. The van der Waals surface area contributed by atoms with E-state index in [4.69, 9.17) is 5.73 Å². The van der Waals surface area contributed by atoms with Gasteiger partial charge in [-0.1, -0.05) is 12.1 Å². The predicted octanol–water partition coefficient (Wildman–Crippen LogP) is 0.945. The number of hydrogen-bond donors (Lipinski definition) is 2. The van der Waals surface area contributed by atoms with Crippen molar-refractivity contribution in [2.24, 2.45) is 0 Å². The van der Waals surface area contributed by atoms with Gasteiger partial charge in [-0.05, 0) is 37.0 Å². The van der Waals surface area contributed by atoms with Crippen molar-refractivity contribution >= 4 is 29.2 Å². The molecule has 9 heteroatoms. The minimum atomic E-state index is -0.606. The van der Waals surface area contributed by atoms with Crippen LogP contribution in [0, 0.1) is 6.92 Å². The van der Waals surface area contributed by atoms with E-state index < -0.39 is 11.9 Å². The van der Waals surface area contributed by atoms with Crippen molar-refractivity contribution in [2.45, 2.75) is 51.9 Å². The lowest BCUT2D eigenvalue weighted by molar-refractivity contribution is -0.136. The number of piperidine rings is 1. The van der Waals surface area contributed by atoms with Crippen molar-refractivity contribution in [3.8, 4) is 0 Å². The number of benzene rings is 1. The average molecular weight is 408 g/mol. The maximum atomic E-state index is 13.0. The Labute approximate surface area is 173 Å². The number of carbonyl (C=O) groups is 3. The molecule has 1 atom stereocenters. The summed E-state index contributed by atoms with van der Waals surface area (Å²) in [6, 6.07) is 5.12. The number of hydrogen-bond acceptors (Lipinski definition) is 6. The minimum absolute atomic E-state index is 0.152. The van der Waals surface area contributed by atoms with Gasteiger partial charge in [0.25, 0.3) is 5.91 Å². The zero-order valence-corrected chi connectivity index (χ0v) is 16.9. The van der Waals surface area contributed by atoms with Gasteiger partial charge in [0.2, 0.25) is 11.8 Å². The highest BCUT2D eigenvalue weighted by Gasteiger charge is 2.40. The van der Waals surface area contributed by atoms with Gasteiger partial charge in [-0.25, -0.2) is 4.68 Å². The van der Waals surface area contributed by atoms with E-state index >= 15 is 0 Å². The number of amides is 3. The number of rotatable bonds is 3. The second-order valence-electron chi connectivity index (χ2n) is 8.16. The number of nitrogens with one attached hydrogen (secondary N) is 1. The molecule has 4 heterocycles. The Bertz CT molecular complexity index is 1070. The zero-order chi connectivity index (χ0) is 21.0. The molecular weight excluding hydrogens is 384 g/mol. The summed E-state index contributed by atoms with van der Waals surface area (Å²) in [6.07, 6.45) is 1.59. The Morgan fingerprint density at radius 3 is 2.87 bits per heavy atom. The largest absolute Gasteiger partial charge is 0.394 e. The number of aryl methyl sites for hydroxylation is 2. The smallest absolute Gasteiger partial charge is 0.255 e. The van der Waals surface area contributed by atoms with Crippen molar-refractivity contribution in [1.29, 1.82) is 0 Å². The van der Waals surface area contributed by atoms with Crippen molar-refractivity contribution in [3.63, 3.8) is 0 Å². The highest BCUT2D eigenvalue weighted by molar-refractivity contribution is 6.05. The number of nitrogen functional groups attached to an aromatic ring is 1. The SMILES string of the molecule is Cc1nn2c(c1N)N(Cc1cccc3c1CN(C1CCC(=O)NC1=O)C3=O)CCC2. The van der Waals surface area contributed by atoms with E-state index in [9.17, 15) is 14.4 Å². The first-order valence-electron chi connectivity index (χ1n) is 10.3. The molecule has 0 saturated carbocycles. The zero-order valence-electron chi connectivity index (χ0n) is 16.9. The summed E-state index contributed by atoms with van der Waals surface area (Å²) in [5.41, 5.74) is 10.4. The highest BCUT2D eigenvalue weighted by Crippen LogP contribution is 2.34. The number of nitrogens with zero attached hydrogens (tertiary/aromatic N) is 4. The summed E-state index contributed by atoms with van der Waals surface area (Å²) in [6.45, 7) is 4.62. The lowest BCUT2D eigenvalue weighted by Crippen LogP contribution is -2.52. The third-order valence-electron chi connectivity index (χ3n) is 6.28. The summed E-state index contributed by atoms with van der Waals surface area (Å²) >= 11 is 0. The minimum Gasteiger partial charge on any atom is -0.394 e. The van der Waals surface area contributed by atoms with Gasteiger partial charge in [0.05, 0.1) is 11.4 Å². The van der Waals surface area contributed by atoms with Crippen molar-refractivity contribution in [1.82, 2.24) is 20.0 Å². The van der Waals surface area contributed by atoms with Crippen molar-refractivity contribution in [3.05, 3.63) is 40.6 Å². The van der Waals surface area contributed by atoms with Crippen LogP contribution in [-0.4, -0.2) is 45.0 Å². The molecule has 3 aliphatic rings. The first-order chi connectivity index (χ1) is 14.4. The molecule has 3 aliphatic heterocycles. The Kier molecular flexibility index (Phi) is 4.27. The van der Waals surface area contributed by atoms with Crippen LogP contribution in [0.25, 0.3) is 0 Å². The van der Waals surface area contributed by atoms with Gasteiger partial charge >= 0.3 is 0 Å². The molecule has 1 aromatic carbocycles. The maximum absolute atomic E-state index is 13.0. The Balaban J connectivity index is 1.43. The van der Waals surface area contributed by atoms with Gasteiger partial charge in [0, 0.05) is 38.2 Å². The molecule has 1 aromatic heterocycles. The van der Waals surface area contributed by atoms with E-state index in [1.54, 1.807) is 4.90 Å².